The van der Waals surface area contributed by atoms with E-state index in [2.05, 4.69) is 25.7 Å². The van der Waals surface area contributed by atoms with Gasteiger partial charge in [0.25, 0.3) is 0 Å². The lowest BCUT2D eigenvalue weighted by atomic mass is 10.0. The van der Waals surface area contributed by atoms with E-state index < -0.39 is 0 Å². The Labute approximate surface area is 109 Å². The van der Waals surface area contributed by atoms with E-state index in [-0.39, 0.29) is 5.82 Å². The highest BCUT2D eigenvalue weighted by Crippen LogP contribution is 2.22. The molecule has 3 heteroatoms. The van der Waals surface area contributed by atoms with Crippen LogP contribution in [0.3, 0.4) is 0 Å². The summed E-state index contributed by atoms with van der Waals surface area (Å²) in [5.41, 5.74) is 1.27. The first-order valence-electron chi connectivity index (χ1n) is 6.65. The largest absolute Gasteiger partial charge is 0.371 e. The van der Waals surface area contributed by atoms with Crippen LogP contribution in [0.4, 0.5) is 10.1 Å². The highest BCUT2D eigenvalue weighted by Gasteiger charge is 2.14. The summed E-state index contributed by atoms with van der Waals surface area (Å²) >= 11 is 0. The van der Waals surface area contributed by atoms with Crippen molar-refractivity contribution in [1.82, 2.24) is 0 Å². The van der Waals surface area contributed by atoms with Crippen molar-refractivity contribution >= 4 is 12.0 Å². The zero-order valence-corrected chi connectivity index (χ0v) is 11.4. The number of carbonyl (C=O) groups excluding carboxylic acids is 1. The number of aldehydes is 1. The molecule has 2 nitrogen and oxygen atoms in total. The molecule has 1 aromatic carbocycles. The third-order valence-electron chi connectivity index (χ3n) is 3.47. The van der Waals surface area contributed by atoms with Gasteiger partial charge in [-0.2, -0.15) is 0 Å². The molecule has 0 bridgehead atoms. The van der Waals surface area contributed by atoms with Crippen LogP contribution in [0.15, 0.2) is 18.2 Å². The smallest absolute Gasteiger partial charge is 0.152 e. The zero-order chi connectivity index (χ0) is 13.5. The van der Waals surface area contributed by atoms with Gasteiger partial charge in [-0.15, -0.1) is 0 Å². The van der Waals surface area contributed by atoms with Gasteiger partial charge in [-0.05, 0) is 31.0 Å². The highest BCUT2D eigenvalue weighted by atomic mass is 19.1. The van der Waals surface area contributed by atoms with Crippen molar-refractivity contribution in [2.45, 2.75) is 33.6 Å². The number of anilines is 1. The molecule has 0 radical (unpaired) electrons. The van der Waals surface area contributed by atoms with Gasteiger partial charge in [0.05, 0.1) is 0 Å². The number of benzene rings is 1. The van der Waals surface area contributed by atoms with Crippen molar-refractivity contribution in [3.63, 3.8) is 0 Å². The fourth-order valence-electron chi connectivity index (χ4n) is 2.16. The minimum absolute atomic E-state index is 0.362. The molecule has 0 saturated heterocycles. The first-order chi connectivity index (χ1) is 8.65. The molecule has 0 aliphatic carbocycles. The van der Waals surface area contributed by atoms with Crippen LogP contribution in [0.2, 0.25) is 0 Å². The Kier molecular flexibility index (Phi) is 5.83. The van der Waals surface area contributed by atoms with Crippen LogP contribution in [-0.4, -0.2) is 19.4 Å². The summed E-state index contributed by atoms with van der Waals surface area (Å²) in [4.78, 5) is 13.2. The lowest BCUT2D eigenvalue weighted by Crippen LogP contribution is -2.29. The number of hydrogen-bond acceptors (Lipinski definition) is 2. The molecule has 0 aliphatic rings. The van der Waals surface area contributed by atoms with Gasteiger partial charge < -0.3 is 4.90 Å². The number of halogens is 1. The molecule has 0 aliphatic heterocycles. The van der Waals surface area contributed by atoms with Gasteiger partial charge in [-0.25, -0.2) is 4.39 Å². The third-order valence-corrected chi connectivity index (χ3v) is 3.47. The van der Waals surface area contributed by atoms with Crippen LogP contribution in [0.25, 0.3) is 0 Å². The summed E-state index contributed by atoms with van der Waals surface area (Å²) in [5.74, 6) is 0.244. The van der Waals surface area contributed by atoms with E-state index in [9.17, 15) is 9.18 Å². The molecule has 0 atom stereocenters. The van der Waals surface area contributed by atoms with E-state index in [0.29, 0.717) is 11.5 Å². The Bertz CT molecular complexity index is 388. The van der Waals surface area contributed by atoms with E-state index >= 15 is 0 Å². The van der Waals surface area contributed by atoms with Crippen molar-refractivity contribution in [2.24, 2.45) is 5.92 Å². The second-order valence-electron chi connectivity index (χ2n) is 4.54. The Morgan fingerprint density at radius 2 is 1.94 bits per heavy atom. The predicted octanol–water partition coefficient (Wildman–Crippen LogP) is 3.90. The molecule has 0 fully saturated rings. The average Bonchev–Trinajstić information content (AvgIpc) is 2.41. The number of carbonyl (C=O) groups is 1. The van der Waals surface area contributed by atoms with Crippen LogP contribution < -0.4 is 4.90 Å². The van der Waals surface area contributed by atoms with E-state index in [0.717, 1.165) is 37.9 Å². The highest BCUT2D eigenvalue weighted by molar-refractivity contribution is 5.84. The molecule has 18 heavy (non-hydrogen) atoms. The monoisotopic (exact) mass is 251 g/mol. The van der Waals surface area contributed by atoms with Crippen molar-refractivity contribution in [2.75, 3.05) is 18.0 Å². The van der Waals surface area contributed by atoms with E-state index in [1.807, 2.05) is 0 Å². The van der Waals surface area contributed by atoms with E-state index in [1.165, 1.54) is 12.1 Å². The SMILES string of the molecule is CCC(CC)CN(CC)c1ccc(F)cc1C=O. The summed E-state index contributed by atoms with van der Waals surface area (Å²) in [6.07, 6.45) is 2.96. The van der Waals surface area contributed by atoms with Gasteiger partial charge in [0.2, 0.25) is 0 Å². The second-order valence-corrected chi connectivity index (χ2v) is 4.54. The van der Waals surface area contributed by atoms with Gasteiger partial charge in [0, 0.05) is 24.3 Å². The van der Waals surface area contributed by atoms with Gasteiger partial charge in [-0.1, -0.05) is 26.7 Å². The number of nitrogens with zero attached hydrogens (tertiary/aromatic N) is 1. The maximum Gasteiger partial charge on any atom is 0.152 e. The lowest BCUT2D eigenvalue weighted by Gasteiger charge is -2.28. The predicted molar refractivity (Wildman–Crippen MR) is 73.7 cm³/mol. The Hall–Kier alpha value is -1.38. The molecule has 100 valence electrons. The Morgan fingerprint density at radius 1 is 1.28 bits per heavy atom. The van der Waals surface area contributed by atoms with Crippen molar-refractivity contribution < 1.29 is 9.18 Å². The molecule has 0 heterocycles. The maximum absolute atomic E-state index is 13.1. The Morgan fingerprint density at radius 3 is 2.44 bits per heavy atom. The molecule has 0 N–H and O–H groups in total. The summed E-state index contributed by atoms with van der Waals surface area (Å²) in [5, 5.41) is 0. The lowest BCUT2D eigenvalue weighted by molar-refractivity contribution is 0.112. The molecular weight excluding hydrogens is 229 g/mol. The minimum Gasteiger partial charge on any atom is -0.371 e. The fraction of sp³-hybridized carbons (Fsp3) is 0.533. The van der Waals surface area contributed by atoms with Crippen LogP contribution in [-0.2, 0) is 0 Å². The summed E-state index contributed by atoms with van der Waals surface area (Å²) in [6.45, 7) is 8.14. The first kappa shape index (κ1) is 14.7. The molecular formula is C15H22FNO. The van der Waals surface area contributed by atoms with Crippen molar-refractivity contribution in [3.8, 4) is 0 Å². The van der Waals surface area contributed by atoms with Crippen LogP contribution in [0, 0.1) is 11.7 Å². The second kappa shape index (κ2) is 7.14. The van der Waals surface area contributed by atoms with E-state index in [1.54, 1.807) is 6.07 Å². The van der Waals surface area contributed by atoms with Gasteiger partial charge in [0.15, 0.2) is 6.29 Å². The molecule has 1 aromatic rings. The van der Waals surface area contributed by atoms with Crippen molar-refractivity contribution in [1.29, 1.82) is 0 Å². The average molecular weight is 251 g/mol. The molecule has 0 amide bonds. The minimum atomic E-state index is -0.362. The topological polar surface area (TPSA) is 20.3 Å². The number of hydrogen-bond donors (Lipinski definition) is 0. The van der Waals surface area contributed by atoms with Gasteiger partial charge in [0.1, 0.15) is 5.82 Å². The standard InChI is InChI=1S/C15H22FNO/c1-4-12(5-2)10-17(6-3)15-8-7-14(16)9-13(15)11-18/h7-9,11-12H,4-6,10H2,1-3H3. The first-order valence-corrected chi connectivity index (χ1v) is 6.65. The zero-order valence-electron chi connectivity index (χ0n) is 11.4. The van der Waals surface area contributed by atoms with Crippen LogP contribution >= 0.6 is 0 Å². The van der Waals surface area contributed by atoms with Crippen LogP contribution in [0.1, 0.15) is 44.0 Å². The molecule has 0 unspecified atom stereocenters. The third kappa shape index (κ3) is 3.56. The molecule has 0 spiro atoms. The van der Waals surface area contributed by atoms with Gasteiger partial charge in [-0.3, -0.25) is 4.79 Å². The molecule has 1 rings (SSSR count). The Balaban J connectivity index is 2.97. The summed E-state index contributed by atoms with van der Waals surface area (Å²) in [7, 11) is 0. The normalized spacial score (nSPS) is 10.7. The summed E-state index contributed by atoms with van der Waals surface area (Å²) < 4.78 is 13.1. The van der Waals surface area contributed by atoms with Gasteiger partial charge >= 0.3 is 0 Å². The number of rotatable bonds is 7. The maximum atomic E-state index is 13.1. The molecule has 0 saturated carbocycles. The summed E-state index contributed by atoms with van der Waals surface area (Å²) in [6, 6.07) is 4.42. The van der Waals surface area contributed by atoms with E-state index in [4.69, 9.17) is 0 Å². The fourth-order valence-corrected chi connectivity index (χ4v) is 2.16. The molecule has 0 aromatic heterocycles. The quantitative estimate of drug-likeness (QED) is 0.685. The van der Waals surface area contributed by atoms with Crippen LogP contribution in [0.5, 0.6) is 0 Å². The van der Waals surface area contributed by atoms with Crippen molar-refractivity contribution in [3.05, 3.63) is 29.6 Å².